The fraction of sp³-hybridized carbons (Fsp3) is 0.348. The molecule has 0 spiro atoms. The highest BCUT2D eigenvalue weighted by Crippen LogP contribution is 2.30. The van der Waals surface area contributed by atoms with Gasteiger partial charge in [-0.05, 0) is 42.5 Å². The third-order valence-corrected chi connectivity index (χ3v) is 5.19. The summed E-state index contributed by atoms with van der Waals surface area (Å²) in [7, 11) is 0. The van der Waals surface area contributed by atoms with Crippen molar-refractivity contribution in [1.29, 1.82) is 0 Å². The van der Waals surface area contributed by atoms with Gasteiger partial charge in [0.25, 0.3) is 5.89 Å². The maximum absolute atomic E-state index is 13.4. The average Bonchev–Trinajstić information content (AvgIpc) is 3.23. The van der Waals surface area contributed by atoms with Gasteiger partial charge in [0.15, 0.2) is 5.82 Å². The minimum Gasteiger partial charge on any atom is -0.367 e. The summed E-state index contributed by atoms with van der Waals surface area (Å²) >= 11 is 0. The van der Waals surface area contributed by atoms with Crippen molar-refractivity contribution in [3.8, 4) is 0 Å². The van der Waals surface area contributed by atoms with Gasteiger partial charge >= 0.3 is 0 Å². The quantitative estimate of drug-likeness (QED) is 0.584. The van der Waals surface area contributed by atoms with E-state index in [2.05, 4.69) is 10.1 Å². The molecule has 0 bridgehead atoms. The third-order valence-electron chi connectivity index (χ3n) is 5.19. The first-order chi connectivity index (χ1) is 14.7. The predicted molar refractivity (Wildman–Crippen MR) is 108 cm³/mol. The zero-order chi connectivity index (χ0) is 20.8. The van der Waals surface area contributed by atoms with Gasteiger partial charge in [-0.1, -0.05) is 47.6 Å². The fourth-order valence-electron chi connectivity index (χ4n) is 3.71. The van der Waals surface area contributed by atoms with Gasteiger partial charge in [0, 0.05) is 6.54 Å². The van der Waals surface area contributed by atoms with Crippen LogP contribution in [0.15, 0.2) is 59.1 Å². The van der Waals surface area contributed by atoms with Crippen LogP contribution in [0.1, 0.15) is 48.1 Å². The summed E-state index contributed by atoms with van der Waals surface area (Å²) in [5, 5.41) is 4.10. The molecular formula is C23H24FN3O3. The molecule has 1 unspecified atom stereocenters. The highest BCUT2D eigenvalue weighted by molar-refractivity contribution is 5.79. The third kappa shape index (κ3) is 5.10. The Morgan fingerprint density at radius 3 is 2.77 bits per heavy atom. The molecule has 1 aromatic heterocycles. The van der Waals surface area contributed by atoms with E-state index in [1.807, 2.05) is 30.3 Å². The fourth-order valence-corrected chi connectivity index (χ4v) is 3.71. The van der Waals surface area contributed by atoms with Crippen molar-refractivity contribution in [2.24, 2.45) is 0 Å². The Balaban J connectivity index is 1.38. The Hall–Kier alpha value is -3.06. The van der Waals surface area contributed by atoms with Crippen LogP contribution in [0, 0.1) is 5.82 Å². The molecule has 1 amide bonds. The van der Waals surface area contributed by atoms with Crippen molar-refractivity contribution in [2.45, 2.75) is 44.9 Å². The number of nitrogens with zero attached hydrogens (tertiary/aromatic N) is 3. The van der Waals surface area contributed by atoms with Crippen LogP contribution in [-0.2, 0) is 29.2 Å². The number of benzene rings is 2. The largest absolute Gasteiger partial charge is 0.367 e. The number of carbonyl (C=O) groups excluding carboxylic acids is 1. The SMILES string of the molecule is O=C(Cc1cccc(F)c1)N1CCCCC1c1noc(COCc2ccccc2)n1. The Bertz CT molecular complexity index is 977. The Morgan fingerprint density at radius 1 is 1.10 bits per heavy atom. The van der Waals surface area contributed by atoms with Gasteiger partial charge in [-0.15, -0.1) is 0 Å². The van der Waals surface area contributed by atoms with E-state index < -0.39 is 0 Å². The molecule has 156 valence electrons. The molecule has 30 heavy (non-hydrogen) atoms. The van der Waals surface area contributed by atoms with E-state index in [1.54, 1.807) is 17.0 Å². The smallest absolute Gasteiger partial charge is 0.252 e. The van der Waals surface area contributed by atoms with Gasteiger partial charge in [-0.3, -0.25) is 4.79 Å². The van der Waals surface area contributed by atoms with Crippen molar-refractivity contribution in [1.82, 2.24) is 15.0 Å². The second kappa shape index (κ2) is 9.63. The van der Waals surface area contributed by atoms with Crippen LogP contribution in [-0.4, -0.2) is 27.5 Å². The van der Waals surface area contributed by atoms with Gasteiger partial charge in [0.2, 0.25) is 5.91 Å². The average molecular weight is 409 g/mol. The highest BCUT2D eigenvalue weighted by atomic mass is 19.1. The van der Waals surface area contributed by atoms with E-state index in [0.717, 1.165) is 24.8 Å². The lowest BCUT2D eigenvalue weighted by Crippen LogP contribution is -2.39. The number of likely N-dealkylation sites (tertiary alicyclic amines) is 1. The van der Waals surface area contributed by atoms with Crippen molar-refractivity contribution < 1.29 is 18.4 Å². The molecule has 2 heterocycles. The van der Waals surface area contributed by atoms with Crippen molar-refractivity contribution in [3.63, 3.8) is 0 Å². The molecule has 6 nitrogen and oxygen atoms in total. The molecule has 3 aromatic rings. The molecule has 2 aromatic carbocycles. The molecule has 1 aliphatic rings. The summed E-state index contributed by atoms with van der Waals surface area (Å²) in [6.45, 7) is 1.30. The molecule has 1 fully saturated rings. The molecule has 1 saturated heterocycles. The first-order valence-corrected chi connectivity index (χ1v) is 10.2. The monoisotopic (exact) mass is 409 g/mol. The number of halogens is 1. The number of aromatic nitrogens is 2. The van der Waals surface area contributed by atoms with Gasteiger partial charge in [0.1, 0.15) is 12.4 Å². The van der Waals surface area contributed by atoms with E-state index in [4.69, 9.17) is 9.26 Å². The second-order valence-corrected chi connectivity index (χ2v) is 7.43. The minimum absolute atomic E-state index is 0.0584. The summed E-state index contributed by atoms with van der Waals surface area (Å²) in [6.07, 6.45) is 2.84. The van der Waals surface area contributed by atoms with Crippen LogP contribution >= 0.6 is 0 Å². The van der Waals surface area contributed by atoms with Crippen LogP contribution in [0.25, 0.3) is 0 Å². The van der Waals surface area contributed by atoms with Crippen LogP contribution in [0.2, 0.25) is 0 Å². The van der Waals surface area contributed by atoms with Gasteiger partial charge in [-0.2, -0.15) is 4.98 Å². The highest BCUT2D eigenvalue weighted by Gasteiger charge is 2.31. The number of hydrogen-bond acceptors (Lipinski definition) is 5. The van der Waals surface area contributed by atoms with Gasteiger partial charge in [-0.25, -0.2) is 4.39 Å². The molecule has 1 atom stereocenters. The lowest BCUT2D eigenvalue weighted by molar-refractivity contribution is -0.134. The summed E-state index contributed by atoms with van der Waals surface area (Å²) in [6, 6.07) is 15.8. The minimum atomic E-state index is -0.339. The number of amides is 1. The van der Waals surface area contributed by atoms with E-state index in [0.29, 0.717) is 30.4 Å². The molecular weight excluding hydrogens is 385 g/mol. The van der Waals surface area contributed by atoms with E-state index in [-0.39, 0.29) is 30.8 Å². The second-order valence-electron chi connectivity index (χ2n) is 7.43. The van der Waals surface area contributed by atoms with Crippen LogP contribution < -0.4 is 0 Å². The predicted octanol–water partition coefficient (Wildman–Crippen LogP) is 4.22. The van der Waals surface area contributed by atoms with E-state index >= 15 is 0 Å². The zero-order valence-corrected chi connectivity index (χ0v) is 16.7. The summed E-state index contributed by atoms with van der Waals surface area (Å²) in [4.78, 5) is 19.1. The van der Waals surface area contributed by atoms with Crippen LogP contribution in [0.4, 0.5) is 4.39 Å². The maximum Gasteiger partial charge on any atom is 0.252 e. The standard InChI is InChI=1S/C23H24FN3O3/c24-19-10-6-9-18(13-19)14-22(28)27-12-5-4-11-20(27)23-25-21(30-26-23)16-29-15-17-7-2-1-3-8-17/h1-3,6-10,13,20H,4-5,11-12,14-16H2. The Kier molecular flexibility index (Phi) is 6.49. The lowest BCUT2D eigenvalue weighted by atomic mass is 10.00. The Labute approximate surface area is 174 Å². The molecule has 4 rings (SSSR count). The number of carbonyl (C=O) groups is 1. The molecule has 0 saturated carbocycles. The van der Waals surface area contributed by atoms with Gasteiger partial charge < -0.3 is 14.2 Å². The topological polar surface area (TPSA) is 68.5 Å². The molecule has 0 N–H and O–H groups in total. The molecule has 0 radical (unpaired) electrons. The zero-order valence-electron chi connectivity index (χ0n) is 16.7. The first kappa shape index (κ1) is 20.2. The first-order valence-electron chi connectivity index (χ1n) is 10.2. The summed E-state index contributed by atoms with van der Waals surface area (Å²) in [5.41, 5.74) is 1.73. The number of ether oxygens (including phenoxy) is 1. The lowest BCUT2D eigenvalue weighted by Gasteiger charge is -2.34. The van der Waals surface area contributed by atoms with Crippen LogP contribution in [0.5, 0.6) is 0 Å². The van der Waals surface area contributed by atoms with Gasteiger partial charge in [0.05, 0.1) is 19.1 Å². The Morgan fingerprint density at radius 2 is 1.93 bits per heavy atom. The molecule has 0 aliphatic carbocycles. The molecule has 7 heteroatoms. The normalized spacial score (nSPS) is 16.6. The van der Waals surface area contributed by atoms with Crippen LogP contribution in [0.3, 0.4) is 0 Å². The number of rotatable bonds is 7. The van der Waals surface area contributed by atoms with E-state index in [9.17, 15) is 9.18 Å². The van der Waals surface area contributed by atoms with Crippen molar-refractivity contribution >= 4 is 5.91 Å². The number of hydrogen-bond donors (Lipinski definition) is 0. The van der Waals surface area contributed by atoms with Crippen molar-refractivity contribution in [2.75, 3.05) is 6.54 Å². The summed E-state index contributed by atoms with van der Waals surface area (Å²) in [5.74, 6) is 0.496. The molecule has 1 aliphatic heterocycles. The summed E-state index contributed by atoms with van der Waals surface area (Å²) < 4.78 is 24.4. The maximum atomic E-state index is 13.4. The number of piperidine rings is 1. The van der Waals surface area contributed by atoms with Crippen molar-refractivity contribution in [3.05, 3.63) is 83.3 Å². The van der Waals surface area contributed by atoms with E-state index in [1.165, 1.54) is 12.1 Å².